The van der Waals surface area contributed by atoms with Crippen molar-refractivity contribution in [3.05, 3.63) is 11.9 Å². The summed E-state index contributed by atoms with van der Waals surface area (Å²) in [5.41, 5.74) is 7.18. The van der Waals surface area contributed by atoms with Gasteiger partial charge in [-0.25, -0.2) is 5.43 Å². The average Bonchev–Trinajstić information content (AvgIpc) is 2.14. The van der Waals surface area contributed by atoms with Gasteiger partial charge in [-0.05, 0) is 27.2 Å². The number of nitrogens with one attached hydrogen (secondary N) is 2. The Morgan fingerprint density at radius 1 is 1.43 bits per heavy atom. The van der Waals surface area contributed by atoms with Crippen LogP contribution in [0.3, 0.4) is 0 Å². The van der Waals surface area contributed by atoms with Gasteiger partial charge in [0.25, 0.3) is 0 Å². The van der Waals surface area contributed by atoms with Crippen LogP contribution in [0.1, 0.15) is 40.5 Å². The van der Waals surface area contributed by atoms with E-state index in [1.54, 1.807) is 0 Å². The Morgan fingerprint density at radius 3 is 2.50 bits per heavy atom. The molecule has 0 aliphatic rings. The van der Waals surface area contributed by atoms with Gasteiger partial charge in [0.05, 0.1) is 0 Å². The van der Waals surface area contributed by atoms with Crippen molar-refractivity contribution < 1.29 is 0 Å². The maximum absolute atomic E-state index is 3.01. The molecule has 0 fully saturated rings. The van der Waals surface area contributed by atoms with Crippen LogP contribution in [0.2, 0.25) is 0 Å². The van der Waals surface area contributed by atoms with Crippen LogP contribution in [0.25, 0.3) is 0 Å². The molecule has 0 aromatic rings. The van der Waals surface area contributed by atoms with Crippen LogP contribution < -0.4 is 10.9 Å². The fraction of sp³-hybridized carbons (Fsp3) is 0.818. The Labute approximate surface area is 88.5 Å². The Hall–Kier alpha value is -0.700. The second kappa shape index (κ2) is 7.68. The molecule has 0 unspecified atom stereocenters. The van der Waals surface area contributed by atoms with E-state index >= 15 is 0 Å². The van der Waals surface area contributed by atoms with Gasteiger partial charge in [-0.1, -0.05) is 13.3 Å². The minimum absolute atomic E-state index is 0.566. The van der Waals surface area contributed by atoms with E-state index in [1.807, 2.05) is 13.2 Å². The predicted octanol–water partition coefficient (Wildman–Crippen LogP) is 2.08. The Kier molecular flexibility index (Phi) is 7.30. The maximum atomic E-state index is 3.01. The molecule has 3 heteroatoms. The monoisotopic (exact) mass is 199 g/mol. The van der Waals surface area contributed by atoms with E-state index in [0.29, 0.717) is 6.04 Å². The zero-order valence-electron chi connectivity index (χ0n) is 10.2. The predicted molar refractivity (Wildman–Crippen MR) is 62.7 cm³/mol. The molecule has 84 valence electrons. The van der Waals surface area contributed by atoms with Crippen molar-refractivity contribution in [3.8, 4) is 0 Å². The molecule has 0 saturated carbocycles. The lowest BCUT2D eigenvalue weighted by Crippen LogP contribution is -2.32. The quantitative estimate of drug-likeness (QED) is 0.615. The number of nitrogens with zero attached hydrogens (tertiary/aromatic N) is 1. The Balaban J connectivity index is 4.17. The van der Waals surface area contributed by atoms with Crippen LogP contribution in [-0.2, 0) is 0 Å². The smallest absolute Gasteiger partial charge is 0.0314 e. The normalized spacial score (nSPS) is 12.0. The molecule has 0 spiro atoms. The van der Waals surface area contributed by atoms with Gasteiger partial charge in [0.15, 0.2) is 0 Å². The van der Waals surface area contributed by atoms with E-state index in [-0.39, 0.29) is 0 Å². The fourth-order valence-corrected chi connectivity index (χ4v) is 1.43. The van der Waals surface area contributed by atoms with E-state index in [1.165, 1.54) is 18.5 Å². The third kappa shape index (κ3) is 5.12. The molecule has 0 amide bonds. The minimum atomic E-state index is 0.566. The van der Waals surface area contributed by atoms with Crippen LogP contribution in [0.4, 0.5) is 0 Å². The van der Waals surface area contributed by atoms with Gasteiger partial charge < -0.3 is 10.3 Å². The van der Waals surface area contributed by atoms with E-state index in [2.05, 4.69) is 43.4 Å². The number of hydrogen-bond acceptors (Lipinski definition) is 3. The zero-order valence-corrected chi connectivity index (χ0v) is 10.2. The summed E-state index contributed by atoms with van der Waals surface area (Å²) in [7, 11) is 1.87. The highest BCUT2D eigenvalue weighted by molar-refractivity contribution is 4.96. The van der Waals surface area contributed by atoms with Gasteiger partial charge in [-0.3, -0.25) is 0 Å². The summed E-state index contributed by atoms with van der Waals surface area (Å²) in [6.07, 6.45) is 4.51. The molecule has 3 nitrogen and oxygen atoms in total. The molecule has 0 aromatic heterocycles. The van der Waals surface area contributed by atoms with E-state index in [4.69, 9.17) is 0 Å². The number of hydrazine groups is 1. The Bertz CT molecular complexity index is 164. The number of rotatable bonds is 7. The molecule has 0 bridgehead atoms. The molecule has 0 aliphatic heterocycles. The second-order valence-corrected chi connectivity index (χ2v) is 3.82. The van der Waals surface area contributed by atoms with Gasteiger partial charge in [-0.2, -0.15) is 0 Å². The summed E-state index contributed by atoms with van der Waals surface area (Å²) >= 11 is 0. The molecular weight excluding hydrogens is 174 g/mol. The summed E-state index contributed by atoms with van der Waals surface area (Å²) in [6, 6.07) is 0.566. The van der Waals surface area contributed by atoms with Crippen molar-refractivity contribution in [2.75, 3.05) is 13.6 Å². The van der Waals surface area contributed by atoms with Crippen LogP contribution in [0.5, 0.6) is 0 Å². The third-order valence-corrected chi connectivity index (χ3v) is 2.25. The van der Waals surface area contributed by atoms with Crippen molar-refractivity contribution >= 4 is 0 Å². The maximum Gasteiger partial charge on any atom is 0.0314 e. The minimum Gasteiger partial charge on any atom is -0.371 e. The van der Waals surface area contributed by atoms with E-state index in [9.17, 15) is 0 Å². The molecule has 0 heterocycles. The first-order valence-corrected chi connectivity index (χ1v) is 5.49. The molecule has 0 aliphatic carbocycles. The molecule has 2 N–H and O–H groups in total. The summed E-state index contributed by atoms with van der Waals surface area (Å²) in [5, 5.41) is 0. The lowest BCUT2D eigenvalue weighted by atomic mass is 10.2. The van der Waals surface area contributed by atoms with Crippen LogP contribution in [-0.4, -0.2) is 24.5 Å². The van der Waals surface area contributed by atoms with E-state index in [0.717, 1.165) is 6.54 Å². The highest BCUT2D eigenvalue weighted by Crippen LogP contribution is 2.09. The average molecular weight is 199 g/mol. The summed E-state index contributed by atoms with van der Waals surface area (Å²) < 4.78 is 0. The van der Waals surface area contributed by atoms with Crippen molar-refractivity contribution in [1.29, 1.82) is 0 Å². The number of hydrogen-bond donors (Lipinski definition) is 2. The van der Waals surface area contributed by atoms with Crippen LogP contribution >= 0.6 is 0 Å². The van der Waals surface area contributed by atoms with Gasteiger partial charge >= 0.3 is 0 Å². The van der Waals surface area contributed by atoms with Crippen LogP contribution in [0.15, 0.2) is 11.9 Å². The van der Waals surface area contributed by atoms with Crippen molar-refractivity contribution in [2.45, 2.75) is 46.6 Å². The second-order valence-electron chi connectivity index (χ2n) is 3.82. The summed E-state index contributed by atoms with van der Waals surface area (Å²) in [4.78, 5) is 2.41. The summed E-state index contributed by atoms with van der Waals surface area (Å²) in [6.45, 7) is 9.96. The molecule has 0 aromatic carbocycles. The highest BCUT2D eigenvalue weighted by atomic mass is 15.3. The molecule has 0 saturated heterocycles. The van der Waals surface area contributed by atoms with Gasteiger partial charge in [0.2, 0.25) is 0 Å². The standard InChI is InChI=1S/C11H25N3/c1-6-7-8-14(10(2)3)11(4)9-13-12-5/h9-10,12-13H,6-8H2,1-5H3/b11-9+. The highest BCUT2D eigenvalue weighted by Gasteiger charge is 2.08. The van der Waals surface area contributed by atoms with Crippen molar-refractivity contribution in [2.24, 2.45) is 0 Å². The first-order chi connectivity index (χ1) is 6.63. The lowest BCUT2D eigenvalue weighted by Gasteiger charge is -2.29. The lowest BCUT2D eigenvalue weighted by molar-refractivity contribution is 0.277. The molecule has 0 atom stereocenters. The van der Waals surface area contributed by atoms with Crippen molar-refractivity contribution in [3.63, 3.8) is 0 Å². The SMILES string of the molecule is CCCCN(/C(C)=C/NNC)C(C)C. The fourth-order valence-electron chi connectivity index (χ4n) is 1.43. The molecular formula is C11H25N3. The third-order valence-electron chi connectivity index (χ3n) is 2.25. The first-order valence-electron chi connectivity index (χ1n) is 5.49. The molecule has 14 heavy (non-hydrogen) atoms. The molecule has 0 rings (SSSR count). The van der Waals surface area contributed by atoms with Gasteiger partial charge in [-0.15, -0.1) is 0 Å². The summed E-state index contributed by atoms with van der Waals surface area (Å²) in [5.74, 6) is 0. The largest absolute Gasteiger partial charge is 0.371 e. The van der Waals surface area contributed by atoms with Crippen molar-refractivity contribution in [1.82, 2.24) is 15.8 Å². The van der Waals surface area contributed by atoms with Crippen LogP contribution in [0, 0.1) is 0 Å². The molecule has 0 radical (unpaired) electrons. The van der Waals surface area contributed by atoms with Gasteiger partial charge in [0.1, 0.15) is 0 Å². The zero-order chi connectivity index (χ0) is 11.0. The topological polar surface area (TPSA) is 27.3 Å². The Morgan fingerprint density at radius 2 is 2.07 bits per heavy atom. The van der Waals surface area contributed by atoms with Gasteiger partial charge in [0, 0.05) is 31.5 Å². The van der Waals surface area contributed by atoms with E-state index < -0.39 is 0 Å². The number of unbranched alkanes of at least 4 members (excludes halogenated alkanes) is 1. The number of allylic oxidation sites excluding steroid dienone is 1. The first kappa shape index (κ1) is 13.3.